The third-order valence-corrected chi connectivity index (χ3v) is 4.81. The molecule has 2 rings (SSSR count). The van der Waals surface area contributed by atoms with Gasteiger partial charge in [-0.2, -0.15) is 18.3 Å². The summed E-state index contributed by atoms with van der Waals surface area (Å²) in [5.41, 5.74) is 1.14. The predicted molar refractivity (Wildman–Crippen MR) is 127 cm³/mol. The van der Waals surface area contributed by atoms with E-state index in [2.05, 4.69) is 38.5 Å². The van der Waals surface area contributed by atoms with E-state index in [-0.39, 0.29) is 12.2 Å². The third-order valence-electron chi connectivity index (χ3n) is 4.81. The molecule has 1 N–H and O–H groups in total. The van der Waals surface area contributed by atoms with Crippen LogP contribution in [-0.2, 0) is 17.5 Å². The quantitative estimate of drug-likeness (QED) is 0.403. The number of nitrogens with zero attached hydrogens (tertiary/aromatic N) is 5. The lowest BCUT2D eigenvalue weighted by atomic mass is 10.0. The summed E-state index contributed by atoms with van der Waals surface area (Å²) in [5.74, 6) is -0.721. The van der Waals surface area contributed by atoms with Gasteiger partial charge in [0.05, 0.1) is 23.9 Å². The fourth-order valence-electron chi connectivity index (χ4n) is 2.97. The van der Waals surface area contributed by atoms with Crippen molar-refractivity contribution in [3.8, 4) is 0 Å². The molecule has 1 atom stereocenters. The number of carbonyl (C=O) groups is 1. The summed E-state index contributed by atoms with van der Waals surface area (Å²) in [7, 11) is 0. The number of aromatic nitrogens is 4. The minimum absolute atomic E-state index is 0.161. The van der Waals surface area contributed by atoms with Gasteiger partial charge in [-0.25, -0.2) is 14.6 Å². The molecule has 2 aromatic rings. The Hall–Kier alpha value is -3.82. The van der Waals surface area contributed by atoms with E-state index in [4.69, 9.17) is 0 Å². The first kappa shape index (κ1) is 26.4. The minimum Gasteiger partial charge on any atom is -0.350 e. The molecule has 180 valence electrons. The summed E-state index contributed by atoms with van der Waals surface area (Å²) in [6.07, 6.45) is 5.02. The Balaban J connectivity index is 2.15. The van der Waals surface area contributed by atoms with Gasteiger partial charge < -0.3 is 5.32 Å². The lowest BCUT2D eigenvalue weighted by molar-refractivity contribution is -0.141. The maximum absolute atomic E-state index is 13.2. The van der Waals surface area contributed by atoms with Crippen LogP contribution >= 0.6 is 0 Å². The minimum atomic E-state index is -4.62. The number of hydrogen-bond acceptors (Lipinski definition) is 5. The van der Waals surface area contributed by atoms with Crippen molar-refractivity contribution < 1.29 is 18.0 Å². The van der Waals surface area contributed by atoms with Gasteiger partial charge in [0.25, 0.3) is 0 Å². The van der Waals surface area contributed by atoms with Crippen molar-refractivity contribution in [2.45, 2.75) is 46.3 Å². The number of hydrogen-bond donors (Lipinski definition) is 1. The smallest absolute Gasteiger partial charge is 0.350 e. The summed E-state index contributed by atoms with van der Waals surface area (Å²) >= 11 is 0. The monoisotopic (exact) mass is 472 g/mol. The number of nitrogens with one attached hydrogen (secondary N) is 1. The summed E-state index contributed by atoms with van der Waals surface area (Å²) in [6, 6.07) is 0.900. The molecule has 2 heterocycles. The maximum atomic E-state index is 13.2. The van der Waals surface area contributed by atoms with E-state index in [1.807, 2.05) is 26.0 Å². The molecule has 0 fully saturated rings. The van der Waals surface area contributed by atoms with Crippen LogP contribution in [0.4, 0.5) is 13.2 Å². The Morgan fingerprint density at radius 3 is 2.47 bits per heavy atom. The van der Waals surface area contributed by atoms with E-state index in [1.54, 1.807) is 19.9 Å². The zero-order valence-corrected chi connectivity index (χ0v) is 19.5. The molecule has 0 aliphatic heterocycles. The van der Waals surface area contributed by atoms with E-state index < -0.39 is 23.7 Å². The van der Waals surface area contributed by atoms with Gasteiger partial charge >= 0.3 is 6.18 Å². The molecule has 7 nitrogen and oxygen atoms in total. The highest BCUT2D eigenvalue weighted by molar-refractivity contribution is 5.96. The van der Waals surface area contributed by atoms with Crippen LogP contribution in [0.15, 0.2) is 60.9 Å². The van der Waals surface area contributed by atoms with Crippen molar-refractivity contribution in [3.63, 3.8) is 0 Å². The van der Waals surface area contributed by atoms with Gasteiger partial charge in [-0.1, -0.05) is 25.3 Å². The summed E-state index contributed by atoms with van der Waals surface area (Å²) in [6.45, 7) is 14.3. The molecule has 1 amide bonds. The van der Waals surface area contributed by atoms with Gasteiger partial charge in [-0.05, 0) is 45.9 Å². The Morgan fingerprint density at radius 2 is 1.94 bits per heavy atom. The molecule has 2 aromatic heterocycles. The van der Waals surface area contributed by atoms with Crippen molar-refractivity contribution in [3.05, 3.63) is 78.7 Å². The van der Waals surface area contributed by atoms with E-state index in [1.165, 1.54) is 18.5 Å². The molecular weight excluding hydrogens is 445 g/mol. The lowest BCUT2D eigenvalue weighted by Crippen LogP contribution is -2.28. The van der Waals surface area contributed by atoms with Crippen molar-refractivity contribution >= 4 is 23.0 Å². The standard InChI is InChI=1S/C24H27F3N6O/c1-7-10-15(4)31-17(6)22-28-12-18(13-29-22)16(5)23(34)30-14-20-11-21(24(25,26)27)32-33(20)19(8-2)9-3/h7-13,16H,2,6,14H2,1,3-5H3,(H,30,34)/b10-7-,19-9?,31-15?. The molecule has 1 unspecified atom stereocenters. The summed E-state index contributed by atoms with van der Waals surface area (Å²) in [4.78, 5) is 25.4. The molecule has 0 aliphatic rings. The highest BCUT2D eigenvalue weighted by Crippen LogP contribution is 2.29. The van der Waals surface area contributed by atoms with Crippen LogP contribution in [0, 0.1) is 0 Å². The number of carbonyl (C=O) groups excluding carboxylic acids is 1. The molecule has 34 heavy (non-hydrogen) atoms. The first-order chi connectivity index (χ1) is 16.0. The van der Waals surface area contributed by atoms with Gasteiger partial charge in [0.15, 0.2) is 11.5 Å². The van der Waals surface area contributed by atoms with E-state index >= 15 is 0 Å². The zero-order chi connectivity index (χ0) is 25.5. The normalized spacial score (nSPS) is 13.7. The van der Waals surface area contributed by atoms with E-state index in [0.29, 0.717) is 22.8 Å². The molecule has 0 saturated carbocycles. The van der Waals surface area contributed by atoms with Gasteiger partial charge in [-0.15, -0.1) is 0 Å². The highest BCUT2D eigenvalue weighted by atomic mass is 19.4. The second-order valence-electron chi connectivity index (χ2n) is 7.33. The number of alkyl halides is 3. The molecule has 10 heteroatoms. The topological polar surface area (TPSA) is 85.1 Å². The first-order valence-corrected chi connectivity index (χ1v) is 10.4. The zero-order valence-electron chi connectivity index (χ0n) is 19.5. The van der Waals surface area contributed by atoms with Gasteiger partial charge in [0.1, 0.15) is 5.70 Å². The number of rotatable bonds is 9. The van der Waals surface area contributed by atoms with Gasteiger partial charge in [0, 0.05) is 23.7 Å². The van der Waals surface area contributed by atoms with Crippen molar-refractivity contribution in [2.24, 2.45) is 4.99 Å². The molecule has 0 bridgehead atoms. The van der Waals surface area contributed by atoms with Crippen molar-refractivity contribution in [1.29, 1.82) is 0 Å². The number of halogens is 3. The van der Waals surface area contributed by atoms with Gasteiger partial charge in [-0.3, -0.25) is 9.79 Å². The van der Waals surface area contributed by atoms with Crippen LogP contribution in [0.25, 0.3) is 11.4 Å². The van der Waals surface area contributed by atoms with Crippen LogP contribution in [0.5, 0.6) is 0 Å². The molecule has 0 spiro atoms. The van der Waals surface area contributed by atoms with Gasteiger partial charge in [0.2, 0.25) is 5.91 Å². The highest BCUT2D eigenvalue weighted by Gasteiger charge is 2.35. The van der Waals surface area contributed by atoms with Crippen LogP contribution in [-0.4, -0.2) is 31.4 Å². The SMILES string of the molecule is C=CC(=CC)n1nc(C(F)(F)F)cc1CNC(=O)C(C)c1cnc(C(=C)N=C(C)/C=C\C)nc1. The average Bonchev–Trinajstić information content (AvgIpc) is 3.22. The second-order valence-corrected chi connectivity index (χ2v) is 7.33. The molecule has 0 saturated heterocycles. The first-order valence-electron chi connectivity index (χ1n) is 10.4. The molecule has 0 aliphatic carbocycles. The fourth-order valence-corrected chi connectivity index (χ4v) is 2.97. The average molecular weight is 473 g/mol. The molecular formula is C24H27F3N6O. The van der Waals surface area contributed by atoms with Crippen molar-refractivity contribution in [1.82, 2.24) is 25.1 Å². The van der Waals surface area contributed by atoms with Crippen LogP contribution < -0.4 is 5.32 Å². The molecule has 0 radical (unpaired) electrons. The van der Waals surface area contributed by atoms with Crippen LogP contribution in [0.3, 0.4) is 0 Å². The summed E-state index contributed by atoms with van der Waals surface area (Å²) in [5, 5.41) is 6.27. The lowest BCUT2D eigenvalue weighted by Gasteiger charge is -2.13. The number of aliphatic imine (C=N–C) groups is 1. The van der Waals surface area contributed by atoms with Crippen LogP contribution in [0.2, 0.25) is 0 Å². The fraction of sp³-hybridized carbons (Fsp3) is 0.292. The predicted octanol–water partition coefficient (Wildman–Crippen LogP) is 5.17. The second kappa shape index (κ2) is 11.4. The number of amides is 1. The largest absolute Gasteiger partial charge is 0.435 e. The Kier molecular flexibility index (Phi) is 8.83. The Labute approximate surface area is 196 Å². The Bertz CT molecular complexity index is 1140. The van der Waals surface area contributed by atoms with Crippen LogP contribution in [0.1, 0.15) is 56.4 Å². The summed E-state index contributed by atoms with van der Waals surface area (Å²) < 4.78 is 40.6. The van der Waals surface area contributed by atoms with E-state index in [9.17, 15) is 18.0 Å². The third kappa shape index (κ3) is 6.60. The molecule has 0 aromatic carbocycles. The van der Waals surface area contributed by atoms with E-state index in [0.717, 1.165) is 16.5 Å². The Morgan fingerprint density at radius 1 is 1.29 bits per heavy atom. The maximum Gasteiger partial charge on any atom is 0.435 e. The number of allylic oxidation sites excluding steroid dienone is 5. The van der Waals surface area contributed by atoms with Crippen molar-refractivity contribution in [2.75, 3.05) is 0 Å².